The van der Waals surface area contributed by atoms with Crippen LogP contribution in [0.2, 0.25) is 0 Å². The minimum absolute atomic E-state index is 0.0112. The molecule has 202 valence electrons. The van der Waals surface area contributed by atoms with Crippen LogP contribution in [-0.4, -0.2) is 74.1 Å². The van der Waals surface area contributed by atoms with Gasteiger partial charge in [-0.05, 0) is 44.0 Å². The van der Waals surface area contributed by atoms with Gasteiger partial charge >= 0.3 is 12.1 Å². The zero-order valence-corrected chi connectivity index (χ0v) is 22.9. The number of rotatable bonds is 10. The van der Waals surface area contributed by atoms with E-state index in [4.69, 9.17) is 9.47 Å². The van der Waals surface area contributed by atoms with Crippen molar-refractivity contribution in [2.24, 2.45) is 0 Å². The van der Waals surface area contributed by atoms with Crippen LogP contribution in [0.15, 0.2) is 54.6 Å². The largest absolute Gasteiger partial charge is 0.458 e. The first kappa shape index (κ1) is 29.8. The van der Waals surface area contributed by atoms with Crippen molar-refractivity contribution in [2.45, 2.75) is 45.4 Å². The number of ether oxygens (including phenoxy) is 2. The second-order valence-corrected chi connectivity index (χ2v) is 11.8. The third-order valence-corrected chi connectivity index (χ3v) is 6.15. The molecular weight excluding hydrogens is 498 g/mol. The molecule has 2 rings (SSSR count). The molecule has 0 radical (unpaired) electrons. The average Bonchev–Trinajstić information content (AvgIpc) is 2.78. The molecule has 0 aliphatic heterocycles. The lowest BCUT2D eigenvalue weighted by atomic mass is 10.1. The number of carbonyl (C=O) groups excluding carboxylic acids is 3. The van der Waals surface area contributed by atoms with Gasteiger partial charge in [0.15, 0.2) is 0 Å². The quantitative estimate of drug-likeness (QED) is 0.466. The van der Waals surface area contributed by atoms with E-state index < -0.39 is 46.2 Å². The second kappa shape index (κ2) is 12.7. The van der Waals surface area contributed by atoms with Crippen LogP contribution in [0.25, 0.3) is 0 Å². The number of hydrogen-bond acceptors (Lipinski definition) is 7. The normalized spacial score (nSPS) is 12.5. The number of sulfonamides is 1. The number of hydrogen-bond donors (Lipinski definition) is 1. The number of amides is 2. The standard InChI is InChI=1S/C26H35N3O7S/c1-26(2,3)36-24(31)22(16-19-12-14-21(15-13-19)35-25(32)28(4)5)27-23(30)18-29(37(6,33)34)17-20-10-8-7-9-11-20/h7-15,22H,16-18H2,1-6H3,(H,27,30)/t22-/m0/s1. The highest BCUT2D eigenvalue weighted by Crippen LogP contribution is 2.16. The third kappa shape index (κ3) is 10.6. The molecule has 11 heteroatoms. The summed E-state index contributed by atoms with van der Waals surface area (Å²) in [6.07, 6.45) is 0.580. The van der Waals surface area contributed by atoms with Crippen LogP contribution in [0, 0.1) is 0 Å². The first-order valence-corrected chi connectivity index (χ1v) is 13.5. The Morgan fingerprint density at radius 1 is 0.946 bits per heavy atom. The van der Waals surface area contributed by atoms with Gasteiger partial charge in [-0.3, -0.25) is 4.79 Å². The van der Waals surface area contributed by atoms with Crippen molar-refractivity contribution in [1.82, 2.24) is 14.5 Å². The van der Waals surface area contributed by atoms with Crippen molar-refractivity contribution < 1.29 is 32.3 Å². The average molecular weight is 534 g/mol. The van der Waals surface area contributed by atoms with Crippen LogP contribution in [0.1, 0.15) is 31.9 Å². The van der Waals surface area contributed by atoms with Gasteiger partial charge in [-0.25, -0.2) is 18.0 Å². The van der Waals surface area contributed by atoms with Gasteiger partial charge in [0.25, 0.3) is 0 Å². The van der Waals surface area contributed by atoms with Gasteiger partial charge in [-0.2, -0.15) is 4.31 Å². The van der Waals surface area contributed by atoms with Crippen molar-refractivity contribution in [1.29, 1.82) is 0 Å². The monoisotopic (exact) mass is 533 g/mol. The van der Waals surface area contributed by atoms with Crippen LogP contribution in [0.5, 0.6) is 5.75 Å². The van der Waals surface area contributed by atoms with Gasteiger partial charge in [-0.15, -0.1) is 0 Å². The number of nitrogens with one attached hydrogen (secondary N) is 1. The second-order valence-electron chi connectivity index (χ2n) is 9.78. The summed E-state index contributed by atoms with van der Waals surface area (Å²) in [4.78, 5) is 38.9. The fraction of sp³-hybridized carbons (Fsp3) is 0.423. The number of benzene rings is 2. The molecule has 0 fully saturated rings. The molecule has 37 heavy (non-hydrogen) atoms. The summed E-state index contributed by atoms with van der Waals surface area (Å²) < 4.78 is 36.4. The van der Waals surface area contributed by atoms with Crippen LogP contribution in [-0.2, 0) is 37.3 Å². The van der Waals surface area contributed by atoms with Gasteiger partial charge in [0.2, 0.25) is 15.9 Å². The van der Waals surface area contributed by atoms with Crippen LogP contribution < -0.4 is 10.1 Å². The third-order valence-electron chi connectivity index (χ3n) is 4.95. The van der Waals surface area contributed by atoms with Gasteiger partial charge in [0, 0.05) is 27.1 Å². The lowest BCUT2D eigenvalue weighted by molar-refractivity contribution is -0.158. The molecule has 0 saturated heterocycles. The highest BCUT2D eigenvalue weighted by molar-refractivity contribution is 7.88. The SMILES string of the molecule is CN(C)C(=O)Oc1ccc(C[C@H](NC(=O)CN(Cc2ccccc2)S(C)(=O)=O)C(=O)OC(C)(C)C)cc1. The predicted molar refractivity (Wildman–Crippen MR) is 139 cm³/mol. The smallest absolute Gasteiger partial charge is 0.414 e. The highest BCUT2D eigenvalue weighted by Gasteiger charge is 2.29. The minimum Gasteiger partial charge on any atom is -0.458 e. The Labute approximate surface area is 218 Å². The van der Waals surface area contributed by atoms with Crippen molar-refractivity contribution in [2.75, 3.05) is 26.9 Å². The molecule has 10 nitrogen and oxygen atoms in total. The minimum atomic E-state index is -3.71. The molecular formula is C26H35N3O7S. The topological polar surface area (TPSA) is 122 Å². The maximum atomic E-state index is 12.9. The fourth-order valence-electron chi connectivity index (χ4n) is 3.17. The number of esters is 1. The molecule has 0 saturated carbocycles. The van der Waals surface area contributed by atoms with Crippen LogP contribution in [0.4, 0.5) is 4.79 Å². The maximum absolute atomic E-state index is 12.9. The molecule has 2 amide bonds. The maximum Gasteiger partial charge on any atom is 0.414 e. The Hall–Kier alpha value is -3.44. The summed E-state index contributed by atoms with van der Waals surface area (Å²) in [5.41, 5.74) is 0.598. The molecule has 2 aromatic carbocycles. The van der Waals surface area contributed by atoms with Gasteiger partial charge in [-0.1, -0.05) is 42.5 Å². The van der Waals surface area contributed by atoms with Crippen LogP contribution >= 0.6 is 0 Å². The Kier molecular flexibility index (Phi) is 10.2. The summed E-state index contributed by atoms with van der Waals surface area (Å²) in [6, 6.07) is 14.3. The molecule has 0 aliphatic rings. The number of nitrogens with zero attached hydrogens (tertiary/aromatic N) is 2. The van der Waals surface area contributed by atoms with Gasteiger partial charge in [0.1, 0.15) is 17.4 Å². The van der Waals surface area contributed by atoms with E-state index in [9.17, 15) is 22.8 Å². The summed E-state index contributed by atoms with van der Waals surface area (Å²) in [7, 11) is -0.581. The van der Waals surface area contributed by atoms with E-state index in [-0.39, 0.29) is 13.0 Å². The van der Waals surface area contributed by atoms with Crippen molar-refractivity contribution >= 4 is 28.0 Å². The van der Waals surface area contributed by atoms with E-state index in [1.165, 1.54) is 4.90 Å². The summed E-state index contributed by atoms with van der Waals surface area (Å²) >= 11 is 0. The first-order chi connectivity index (χ1) is 17.1. The molecule has 0 heterocycles. The summed E-state index contributed by atoms with van der Waals surface area (Å²) in [5.74, 6) is -0.975. The Balaban J connectivity index is 2.17. The molecule has 1 N–H and O–H groups in total. The highest BCUT2D eigenvalue weighted by atomic mass is 32.2. The number of carbonyl (C=O) groups is 3. The zero-order chi connectivity index (χ0) is 27.8. The molecule has 0 aromatic heterocycles. The molecule has 0 bridgehead atoms. The van der Waals surface area contributed by atoms with E-state index in [0.29, 0.717) is 11.3 Å². The van der Waals surface area contributed by atoms with Gasteiger partial charge < -0.3 is 19.7 Å². The van der Waals surface area contributed by atoms with E-state index in [2.05, 4.69) is 5.32 Å². The van der Waals surface area contributed by atoms with E-state index >= 15 is 0 Å². The fourth-order valence-corrected chi connectivity index (χ4v) is 3.90. The first-order valence-electron chi connectivity index (χ1n) is 11.6. The van der Waals surface area contributed by atoms with Crippen molar-refractivity contribution in [3.8, 4) is 5.75 Å². The molecule has 0 spiro atoms. The molecule has 0 unspecified atom stereocenters. The Morgan fingerprint density at radius 2 is 1.54 bits per heavy atom. The lowest BCUT2D eigenvalue weighted by Gasteiger charge is -2.26. The molecule has 2 aromatic rings. The Bertz CT molecular complexity index is 1170. The van der Waals surface area contributed by atoms with E-state index in [1.807, 2.05) is 6.07 Å². The lowest BCUT2D eigenvalue weighted by Crippen LogP contribution is -2.49. The summed E-state index contributed by atoms with van der Waals surface area (Å²) in [5, 5.41) is 2.63. The van der Waals surface area contributed by atoms with Crippen molar-refractivity contribution in [3.63, 3.8) is 0 Å². The van der Waals surface area contributed by atoms with E-state index in [1.54, 1.807) is 83.4 Å². The predicted octanol–water partition coefficient (Wildman–Crippen LogP) is 2.58. The van der Waals surface area contributed by atoms with Crippen LogP contribution in [0.3, 0.4) is 0 Å². The van der Waals surface area contributed by atoms with E-state index in [0.717, 1.165) is 16.1 Å². The molecule has 1 atom stereocenters. The molecule has 0 aliphatic carbocycles. The van der Waals surface area contributed by atoms with Gasteiger partial charge in [0.05, 0.1) is 12.8 Å². The van der Waals surface area contributed by atoms with Crippen molar-refractivity contribution in [3.05, 3.63) is 65.7 Å². The Morgan fingerprint density at radius 3 is 2.05 bits per heavy atom. The zero-order valence-electron chi connectivity index (χ0n) is 22.1. The summed E-state index contributed by atoms with van der Waals surface area (Å²) in [6.45, 7) is 4.68.